The van der Waals surface area contributed by atoms with Crippen LogP contribution in [0.2, 0.25) is 0 Å². The zero-order valence-electron chi connectivity index (χ0n) is 17.3. The smallest absolute Gasteiger partial charge is 0.238 e. The van der Waals surface area contributed by atoms with Crippen LogP contribution in [0, 0.1) is 0 Å². The Labute approximate surface area is 180 Å². The number of rotatable bonds is 7. The first kappa shape index (κ1) is 21.7. The first-order valence-electron chi connectivity index (χ1n) is 9.70. The lowest BCUT2D eigenvalue weighted by atomic mass is 10.2. The largest absolute Gasteiger partial charge is 0.497 e. The lowest BCUT2D eigenvalue weighted by Gasteiger charge is -2.28. The van der Waals surface area contributed by atoms with Gasteiger partial charge in [0.1, 0.15) is 16.7 Å². The zero-order chi connectivity index (χ0) is 21.5. The van der Waals surface area contributed by atoms with Gasteiger partial charge in [-0.15, -0.1) is 0 Å². The normalized spacial score (nSPS) is 17.7. The predicted octanol–water partition coefficient (Wildman–Crippen LogP) is 4.07. The highest BCUT2D eigenvalue weighted by Gasteiger charge is 2.34. The highest BCUT2D eigenvalue weighted by molar-refractivity contribution is 8.15. The summed E-state index contributed by atoms with van der Waals surface area (Å²) in [6, 6.07) is 14.4. The summed E-state index contributed by atoms with van der Waals surface area (Å²) in [5.41, 5.74) is 1.31. The summed E-state index contributed by atoms with van der Waals surface area (Å²) < 4.78 is 10.8. The number of benzene rings is 2. The highest BCUT2D eigenvalue weighted by atomic mass is 32.2. The van der Waals surface area contributed by atoms with Gasteiger partial charge in [-0.3, -0.25) is 14.5 Å². The van der Waals surface area contributed by atoms with Crippen LogP contribution in [0.15, 0.2) is 53.5 Å². The minimum atomic E-state index is -0.561. The van der Waals surface area contributed by atoms with Crippen molar-refractivity contribution in [3.8, 4) is 11.5 Å². The number of anilines is 1. The van der Waals surface area contributed by atoms with Crippen molar-refractivity contribution in [2.45, 2.75) is 25.0 Å². The molecule has 1 heterocycles. The van der Waals surface area contributed by atoms with E-state index in [1.54, 1.807) is 32.4 Å². The number of aliphatic imine (C=N–C) groups is 1. The number of thioether (sulfide) groups is 1. The minimum Gasteiger partial charge on any atom is -0.497 e. The Morgan fingerprint density at radius 2 is 2.00 bits per heavy atom. The van der Waals surface area contributed by atoms with Gasteiger partial charge in [-0.25, -0.2) is 4.99 Å². The van der Waals surface area contributed by atoms with Gasteiger partial charge in [0.2, 0.25) is 11.8 Å². The third-order valence-corrected chi connectivity index (χ3v) is 5.68. The first-order chi connectivity index (χ1) is 14.5. The van der Waals surface area contributed by atoms with Crippen molar-refractivity contribution < 1.29 is 19.1 Å². The molecule has 1 saturated heterocycles. The lowest BCUT2D eigenvalue weighted by molar-refractivity contribution is -0.128. The maximum Gasteiger partial charge on any atom is 0.238 e. The van der Waals surface area contributed by atoms with E-state index in [-0.39, 0.29) is 18.2 Å². The molecule has 0 spiro atoms. The monoisotopic (exact) mass is 427 g/mol. The molecule has 1 N–H and O–H groups in total. The van der Waals surface area contributed by atoms with Gasteiger partial charge in [-0.1, -0.05) is 24.8 Å². The number of hydrogen-bond acceptors (Lipinski definition) is 6. The average molecular weight is 428 g/mol. The summed E-state index contributed by atoms with van der Waals surface area (Å²) in [5, 5.41) is 2.79. The molecule has 30 heavy (non-hydrogen) atoms. The number of nitrogens with zero attached hydrogens (tertiary/aromatic N) is 2. The second kappa shape index (κ2) is 10.2. The molecule has 7 nitrogen and oxygen atoms in total. The van der Waals surface area contributed by atoms with Crippen molar-refractivity contribution in [1.29, 1.82) is 0 Å². The zero-order valence-corrected chi connectivity index (χ0v) is 18.1. The summed E-state index contributed by atoms with van der Waals surface area (Å²) in [6.07, 6.45) is 1.04. The maximum absolute atomic E-state index is 12.8. The second-order valence-corrected chi connectivity index (χ2v) is 7.89. The highest BCUT2D eigenvalue weighted by Crippen LogP contribution is 2.30. The van der Waals surface area contributed by atoms with Gasteiger partial charge in [0, 0.05) is 25.2 Å². The van der Waals surface area contributed by atoms with Gasteiger partial charge < -0.3 is 14.8 Å². The molecule has 0 bridgehead atoms. The van der Waals surface area contributed by atoms with Crippen LogP contribution in [0.5, 0.6) is 11.5 Å². The molecule has 0 unspecified atom stereocenters. The number of carbonyl (C=O) groups excluding carboxylic acids is 2. The molecule has 0 aliphatic carbocycles. The van der Waals surface area contributed by atoms with Crippen LogP contribution in [-0.4, -0.2) is 47.9 Å². The molecule has 2 aromatic carbocycles. The fourth-order valence-corrected chi connectivity index (χ4v) is 3.83. The Hall–Kier alpha value is -3.00. The van der Waals surface area contributed by atoms with E-state index in [4.69, 9.17) is 9.47 Å². The molecular weight excluding hydrogens is 402 g/mol. The van der Waals surface area contributed by atoms with Crippen LogP contribution >= 0.6 is 11.8 Å². The predicted molar refractivity (Wildman–Crippen MR) is 120 cm³/mol. The van der Waals surface area contributed by atoms with Gasteiger partial charge in [0.05, 0.1) is 19.4 Å². The SMILES string of the molecule is CCCOc1ccc(NC(=O)[C@H]2CC(=O)N(C)C(=Nc3cccc(OC)c3)S2)cc1. The van der Waals surface area contributed by atoms with Gasteiger partial charge in [-0.2, -0.15) is 0 Å². The summed E-state index contributed by atoms with van der Waals surface area (Å²) in [4.78, 5) is 31.2. The molecule has 0 aromatic heterocycles. The Morgan fingerprint density at radius 1 is 1.23 bits per heavy atom. The van der Waals surface area contributed by atoms with E-state index in [1.165, 1.54) is 16.7 Å². The number of methoxy groups -OCH3 is 1. The van der Waals surface area contributed by atoms with Crippen LogP contribution < -0.4 is 14.8 Å². The van der Waals surface area contributed by atoms with E-state index < -0.39 is 5.25 Å². The first-order valence-corrected chi connectivity index (χ1v) is 10.6. The average Bonchev–Trinajstić information content (AvgIpc) is 2.76. The van der Waals surface area contributed by atoms with Gasteiger partial charge in [0.25, 0.3) is 0 Å². The minimum absolute atomic E-state index is 0.113. The number of amidine groups is 1. The van der Waals surface area contributed by atoms with Gasteiger partial charge in [0.15, 0.2) is 5.17 Å². The molecular formula is C22H25N3O4S. The van der Waals surface area contributed by atoms with Crippen molar-refractivity contribution in [2.75, 3.05) is 26.1 Å². The topological polar surface area (TPSA) is 80.2 Å². The molecule has 2 amide bonds. The Kier molecular flexibility index (Phi) is 7.35. The molecule has 158 valence electrons. The Balaban J connectivity index is 1.70. The summed E-state index contributed by atoms with van der Waals surface area (Å²) in [6.45, 7) is 2.69. The summed E-state index contributed by atoms with van der Waals surface area (Å²) >= 11 is 1.27. The molecule has 3 rings (SSSR count). The van der Waals surface area contributed by atoms with Gasteiger partial charge in [-0.05, 0) is 42.8 Å². The fraction of sp³-hybridized carbons (Fsp3) is 0.318. The Morgan fingerprint density at radius 3 is 2.70 bits per heavy atom. The van der Waals surface area contributed by atoms with Gasteiger partial charge >= 0.3 is 0 Å². The molecule has 0 saturated carbocycles. The van der Waals surface area contributed by atoms with Crippen LogP contribution in [-0.2, 0) is 9.59 Å². The van der Waals surface area contributed by atoms with E-state index in [0.717, 1.165) is 12.2 Å². The maximum atomic E-state index is 12.8. The van der Waals surface area contributed by atoms with Crippen LogP contribution in [0.25, 0.3) is 0 Å². The molecule has 2 aromatic rings. The van der Waals surface area contributed by atoms with Crippen molar-refractivity contribution in [2.24, 2.45) is 4.99 Å². The molecule has 1 aliphatic rings. The van der Waals surface area contributed by atoms with Crippen LogP contribution in [0.3, 0.4) is 0 Å². The Bertz CT molecular complexity index is 930. The third-order valence-electron chi connectivity index (χ3n) is 4.43. The number of amides is 2. The van der Waals surface area contributed by atoms with Crippen molar-refractivity contribution >= 4 is 40.1 Å². The standard InChI is InChI=1S/C22H25N3O4S/c1-4-12-29-17-10-8-15(9-11-17)23-21(27)19-14-20(26)25(2)22(30-19)24-16-6-5-7-18(13-16)28-3/h5-11,13,19H,4,12,14H2,1-3H3,(H,23,27)/t19-/m1/s1. The quantitative estimate of drug-likeness (QED) is 0.720. The third kappa shape index (κ3) is 5.54. The number of hydrogen-bond donors (Lipinski definition) is 1. The molecule has 1 atom stereocenters. The van der Waals surface area contributed by atoms with Crippen LogP contribution in [0.1, 0.15) is 19.8 Å². The number of carbonyl (C=O) groups is 2. The molecule has 0 radical (unpaired) electrons. The molecule has 8 heteroatoms. The van der Waals surface area contributed by atoms with E-state index in [0.29, 0.717) is 28.9 Å². The van der Waals surface area contributed by atoms with Crippen molar-refractivity contribution in [3.05, 3.63) is 48.5 Å². The number of ether oxygens (including phenoxy) is 2. The second-order valence-electron chi connectivity index (χ2n) is 6.72. The lowest BCUT2D eigenvalue weighted by Crippen LogP contribution is -2.43. The molecule has 1 fully saturated rings. The van der Waals surface area contributed by atoms with Crippen molar-refractivity contribution in [1.82, 2.24) is 4.90 Å². The fourth-order valence-electron chi connectivity index (χ4n) is 2.77. The van der Waals surface area contributed by atoms with Crippen molar-refractivity contribution in [3.63, 3.8) is 0 Å². The van der Waals surface area contributed by atoms with E-state index in [2.05, 4.69) is 10.3 Å². The molecule has 1 aliphatic heterocycles. The summed E-state index contributed by atoms with van der Waals surface area (Å²) in [5.74, 6) is 1.04. The number of nitrogens with one attached hydrogen (secondary N) is 1. The summed E-state index contributed by atoms with van der Waals surface area (Å²) in [7, 11) is 3.25. The van der Waals surface area contributed by atoms with E-state index >= 15 is 0 Å². The van der Waals surface area contributed by atoms with E-state index in [9.17, 15) is 9.59 Å². The van der Waals surface area contributed by atoms with E-state index in [1.807, 2.05) is 37.3 Å². The van der Waals surface area contributed by atoms with Crippen LogP contribution in [0.4, 0.5) is 11.4 Å².